The van der Waals surface area contributed by atoms with E-state index in [1.807, 2.05) is 6.07 Å². The van der Waals surface area contributed by atoms with Crippen LogP contribution in [0, 0.1) is 0 Å². The van der Waals surface area contributed by atoms with Crippen LogP contribution < -0.4 is 10.1 Å². The summed E-state index contributed by atoms with van der Waals surface area (Å²) in [5.41, 5.74) is 2.42. The minimum absolute atomic E-state index is 0.476. The first-order chi connectivity index (χ1) is 9.69. The normalized spacial score (nSPS) is 11.0. The first-order valence-electron chi connectivity index (χ1n) is 6.56. The molecule has 0 aliphatic heterocycles. The van der Waals surface area contributed by atoms with E-state index in [2.05, 4.69) is 46.5 Å². The molecule has 0 radical (unpaired) electrons. The number of H-pyrrole nitrogens is 1. The molecule has 0 atom stereocenters. The first kappa shape index (κ1) is 14.9. The molecule has 0 saturated carbocycles. The van der Waals surface area contributed by atoms with Gasteiger partial charge < -0.3 is 10.1 Å². The van der Waals surface area contributed by atoms with Crippen molar-refractivity contribution >= 4 is 11.8 Å². The Morgan fingerprint density at radius 2 is 2.25 bits per heavy atom. The van der Waals surface area contributed by atoms with Crippen molar-refractivity contribution in [1.29, 1.82) is 0 Å². The molecule has 6 heteroatoms. The lowest BCUT2D eigenvalue weighted by atomic mass is 10.1. The summed E-state index contributed by atoms with van der Waals surface area (Å²) in [6.07, 6.45) is 1.52. The van der Waals surface area contributed by atoms with Gasteiger partial charge in [-0.1, -0.05) is 31.7 Å². The van der Waals surface area contributed by atoms with E-state index in [0.717, 1.165) is 28.8 Å². The second-order valence-corrected chi connectivity index (χ2v) is 5.73. The highest BCUT2D eigenvalue weighted by Gasteiger charge is 2.07. The van der Waals surface area contributed by atoms with Gasteiger partial charge in [0.05, 0.1) is 7.11 Å². The van der Waals surface area contributed by atoms with E-state index in [1.165, 1.54) is 11.9 Å². The summed E-state index contributed by atoms with van der Waals surface area (Å²) in [6, 6.07) is 6.77. The van der Waals surface area contributed by atoms with Gasteiger partial charge in [0.25, 0.3) is 0 Å². The highest BCUT2D eigenvalue weighted by atomic mass is 32.2. The quantitative estimate of drug-likeness (QED) is 0.768. The summed E-state index contributed by atoms with van der Waals surface area (Å²) in [6.45, 7) is 5.15. The van der Waals surface area contributed by atoms with Crippen LogP contribution in [0.2, 0.25) is 0 Å². The highest BCUT2D eigenvalue weighted by molar-refractivity contribution is 7.98. The molecule has 0 fully saturated rings. The molecule has 0 bridgehead atoms. The van der Waals surface area contributed by atoms with Crippen molar-refractivity contribution < 1.29 is 4.74 Å². The molecular formula is C14H20N4OS. The van der Waals surface area contributed by atoms with E-state index in [4.69, 9.17) is 4.74 Å². The van der Waals surface area contributed by atoms with Crippen LogP contribution in [0.1, 0.15) is 25.0 Å². The average Bonchev–Trinajstić information content (AvgIpc) is 2.96. The Balaban J connectivity index is 2.05. The number of thioether (sulfide) groups is 1. The van der Waals surface area contributed by atoms with Crippen molar-refractivity contribution in [3.63, 3.8) is 0 Å². The van der Waals surface area contributed by atoms with Crippen molar-refractivity contribution in [3.8, 4) is 5.75 Å². The molecule has 1 aromatic heterocycles. The molecule has 0 spiro atoms. The van der Waals surface area contributed by atoms with Crippen LogP contribution in [0.3, 0.4) is 0 Å². The Bertz CT molecular complexity index is 528. The Kier molecular flexibility index (Phi) is 5.43. The van der Waals surface area contributed by atoms with Crippen molar-refractivity contribution in [2.75, 3.05) is 7.11 Å². The standard InChI is InChI=1S/C14H20N4OS/c1-10(2)15-7-11-4-5-13(19-3)12(6-11)8-20-14-16-9-17-18-14/h4-6,9-10,15H,7-8H2,1-3H3,(H,16,17,18). The number of benzene rings is 1. The van der Waals surface area contributed by atoms with Gasteiger partial charge in [0, 0.05) is 23.9 Å². The van der Waals surface area contributed by atoms with Gasteiger partial charge in [0.15, 0.2) is 5.16 Å². The van der Waals surface area contributed by atoms with Crippen LogP contribution in [0.15, 0.2) is 29.7 Å². The molecule has 1 aromatic carbocycles. The third-order valence-electron chi connectivity index (χ3n) is 2.82. The average molecular weight is 292 g/mol. The smallest absolute Gasteiger partial charge is 0.183 e. The van der Waals surface area contributed by atoms with E-state index in [9.17, 15) is 0 Å². The summed E-state index contributed by atoms with van der Waals surface area (Å²) >= 11 is 1.61. The molecule has 2 N–H and O–H groups in total. The Morgan fingerprint density at radius 3 is 2.90 bits per heavy atom. The van der Waals surface area contributed by atoms with Crippen LogP contribution in [0.4, 0.5) is 0 Å². The molecule has 0 aliphatic carbocycles. The summed E-state index contributed by atoms with van der Waals surface area (Å²) < 4.78 is 5.42. The summed E-state index contributed by atoms with van der Waals surface area (Å²) in [7, 11) is 1.70. The maximum Gasteiger partial charge on any atom is 0.183 e. The van der Waals surface area contributed by atoms with Crippen molar-refractivity contribution in [3.05, 3.63) is 35.7 Å². The van der Waals surface area contributed by atoms with E-state index in [1.54, 1.807) is 18.9 Å². The summed E-state index contributed by atoms with van der Waals surface area (Å²) in [4.78, 5) is 4.11. The molecule has 20 heavy (non-hydrogen) atoms. The maximum atomic E-state index is 5.42. The highest BCUT2D eigenvalue weighted by Crippen LogP contribution is 2.27. The fraction of sp³-hybridized carbons (Fsp3) is 0.429. The number of ether oxygens (including phenoxy) is 1. The number of nitrogens with zero attached hydrogens (tertiary/aromatic N) is 2. The van der Waals surface area contributed by atoms with Gasteiger partial charge in [-0.3, -0.25) is 5.10 Å². The van der Waals surface area contributed by atoms with Gasteiger partial charge in [0.2, 0.25) is 0 Å². The minimum atomic E-state index is 0.476. The van der Waals surface area contributed by atoms with E-state index >= 15 is 0 Å². The molecule has 0 unspecified atom stereocenters. The zero-order chi connectivity index (χ0) is 14.4. The molecule has 2 aromatic rings. The van der Waals surface area contributed by atoms with Crippen LogP contribution in [-0.4, -0.2) is 28.3 Å². The first-order valence-corrected chi connectivity index (χ1v) is 7.55. The lowest BCUT2D eigenvalue weighted by Crippen LogP contribution is -2.21. The molecule has 108 valence electrons. The van der Waals surface area contributed by atoms with Crippen molar-refractivity contribution in [1.82, 2.24) is 20.5 Å². The lowest BCUT2D eigenvalue weighted by molar-refractivity contribution is 0.411. The summed E-state index contributed by atoms with van der Waals surface area (Å²) in [5, 5.41) is 10.9. The number of aromatic amines is 1. The molecule has 5 nitrogen and oxygen atoms in total. The molecule has 0 aliphatic rings. The maximum absolute atomic E-state index is 5.42. The monoisotopic (exact) mass is 292 g/mol. The SMILES string of the molecule is COc1ccc(CNC(C)C)cc1CSc1ncn[nH]1. The van der Waals surface area contributed by atoms with Crippen LogP contribution in [0.25, 0.3) is 0 Å². The second-order valence-electron chi connectivity index (χ2n) is 4.76. The number of hydrogen-bond acceptors (Lipinski definition) is 5. The van der Waals surface area contributed by atoms with Crippen LogP contribution in [0.5, 0.6) is 5.75 Å². The Labute approximate surface area is 123 Å². The van der Waals surface area contributed by atoms with E-state index in [-0.39, 0.29) is 0 Å². The molecule has 1 heterocycles. The predicted octanol–water partition coefficient (Wildman–Crippen LogP) is 2.60. The third kappa shape index (κ3) is 4.25. The lowest BCUT2D eigenvalue weighted by Gasteiger charge is -2.12. The van der Waals surface area contributed by atoms with Gasteiger partial charge in [0.1, 0.15) is 12.1 Å². The number of hydrogen-bond donors (Lipinski definition) is 2. The van der Waals surface area contributed by atoms with E-state index in [0.29, 0.717) is 6.04 Å². The zero-order valence-electron chi connectivity index (χ0n) is 12.0. The van der Waals surface area contributed by atoms with E-state index < -0.39 is 0 Å². The summed E-state index contributed by atoms with van der Waals surface area (Å²) in [5.74, 6) is 1.71. The third-order valence-corrected chi connectivity index (χ3v) is 3.74. The van der Waals surface area contributed by atoms with Gasteiger partial charge in [-0.25, -0.2) is 4.98 Å². The van der Waals surface area contributed by atoms with Crippen LogP contribution in [-0.2, 0) is 12.3 Å². The number of rotatable bonds is 7. The van der Waals surface area contributed by atoms with Gasteiger partial charge in [-0.2, -0.15) is 5.10 Å². The molecule has 0 amide bonds. The zero-order valence-corrected chi connectivity index (χ0v) is 12.8. The minimum Gasteiger partial charge on any atom is -0.496 e. The fourth-order valence-electron chi connectivity index (χ4n) is 1.79. The van der Waals surface area contributed by atoms with Gasteiger partial charge in [-0.15, -0.1) is 0 Å². The van der Waals surface area contributed by atoms with Crippen molar-refractivity contribution in [2.45, 2.75) is 37.3 Å². The topological polar surface area (TPSA) is 62.8 Å². The molecule has 0 saturated heterocycles. The predicted molar refractivity (Wildman–Crippen MR) is 80.9 cm³/mol. The fourth-order valence-corrected chi connectivity index (χ4v) is 2.54. The number of methoxy groups -OCH3 is 1. The largest absolute Gasteiger partial charge is 0.496 e. The van der Waals surface area contributed by atoms with Gasteiger partial charge in [-0.05, 0) is 17.7 Å². The molecule has 2 rings (SSSR count). The Hall–Kier alpha value is -1.53. The number of nitrogens with one attached hydrogen (secondary N) is 2. The van der Waals surface area contributed by atoms with Gasteiger partial charge >= 0.3 is 0 Å². The molecular weight excluding hydrogens is 272 g/mol. The van der Waals surface area contributed by atoms with Crippen LogP contribution >= 0.6 is 11.8 Å². The Morgan fingerprint density at radius 1 is 1.40 bits per heavy atom. The second kappa shape index (κ2) is 7.31. The number of aromatic nitrogens is 3. The van der Waals surface area contributed by atoms with Crippen molar-refractivity contribution in [2.24, 2.45) is 0 Å².